The van der Waals surface area contributed by atoms with E-state index in [1.807, 2.05) is 6.20 Å². The second-order valence-corrected chi connectivity index (χ2v) is 4.37. The maximum atomic E-state index is 4.10. The van der Waals surface area contributed by atoms with Gasteiger partial charge in [0.05, 0.1) is 11.7 Å². The highest BCUT2D eigenvalue weighted by molar-refractivity contribution is 5.83. The number of nitrogens with one attached hydrogen (secondary N) is 1. The quantitative estimate of drug-likeness (QED) is 0.790. The lowest BCUT2D eigenvalue weighted by atomic mass is 9.89. The molecule has 2 aromatic rings. The molecule has 1 N–H and O–H groups in total. The van der Waals surface area contributed by atoms with Gasteiger partial charge < -0.3 is 0 Å². The molecular weight excluding hydrogens is 184 g/mol. The van der Waals surface area contributed by atoms with E-state index in [0.717, 1.165) is 5.52 Å². The van der Waals surface area contributed by atoms with Crippen LogP contribution in [0.25, 0.3) is 10.9 Å². The minimum atomic E-state index is 0.629. The lowest BCUT2D eigenvalue weighted by molar-refractivity contribution is 0.724. The summed E-state index contributed by atoms with van der Waals surface area (Å²) in [6.45, 7) is 8.92. The van der Waals surface area contributed by atoms with Crippen LogP contribution < -0.4 is 0 Å². The standard InChI is InChI=1S/C13H18N2/c1-5-8(2)13-9(3)6-12-11(10(13)4)7-14-15-12/h6-8H,5H2,1-4H3,(H,14,15). The summed E-state index contributed by atoms with van der Waals surface area (Å²) >= 11 is 0. The number of aromatic amines is 1. The molecule has 1 aromatic carbocycles. The van der Waals surface area contributed by atoms with Gasteiger partial charge in [-0.15, -0.1) is 0 Å². The fraction of sp³-hybridized carbons (Fsp3) is 0.462. The molecule has 2 rings (SSSR count). The zero-order chi connectivity index (χ0) is 11.0. The number of rotatable bonds is 2. The molecule has 1 heterocycles. The summed E-state index contributed by atoms with van der Waals surface area (Å²) in [7, 11) is 0. The van der Waals surface area contributed by atoms with Crippen molar-refractivity contribution >= 4 is 10.9 Å². The molecule has 1 unspecified atom stereocenters. The Balaban J connectivity index is 2.72. The lowest BCUT2D eigenvalue weighted by Gasteiger charge is -2.16. The van der Waals surface area contributed by atoms with Crippen LogP contribution >= 0.6 is 0 Å². The molecule has 2 nitrogen and oxygen atoms in total. The topological polar surface area (TPSA) is 28.7 Å². The van der Waals surface area contributed by atoms with E-state index >= 15 is 0 Å². The average Bonchev–Trinajstić information content (AvgIpc) is 2.65. The van der Waals surface area contributed by atoms with Crippen molar-refractivity contribution in [3.8, 4) is 0 Å². The number of fused-ring (bicyclic) bond motifs is 1. The molecule has 0 fully saturated rings. The van der Waals surface area contributed by atoms with Crippen LogP contribution in [0.1, 0.15) is 42.9 Å². The summed E-state index contributed by atoms with van der Waals surface area (Å²) < 4.78 is 0. The predicted octanol–water partition coefficient (Wildman–Crippen LogP) is 3.69. The predicted molar refractivity (Wildman–Crippen MR) is 64.3 cm³/mol. The third-order valence-electron chi connectivity index (χ3n) is 3.37. The van der Waals surface area contributed by atoms with E-state index in [1.165, 1.54) is 28.5 Å². The number of benzene rings is 1. The Morgan fingerprint density at radius 3 is 2.80 bits per heavy atom. The third-order valence-corrected chi connectivity index (χ3v) is 3.37. The van der Waals surface area contributed by atoms with E-state index in [2.05, 4.69) is 44.0 Å². The van der Waals surface area contributed by atoms with Crippen LogP contribution in [0.3, 0.4) is 0 Å². The van der Waals surface area contributed by atoms with E-state index in [4.69, 9.17) is 0 Å². The molecular formula is C13H18N2. The fourth-order valence-corrected chi connectivity index (χ4v) is 2.40. The van der Waals surface area contributed by atoms with Crippen LogP contribution in [0, 0.1) is 13.8 Å². The molecule has 0 radical (unpaired) electrons. The van der Waals surface area contributed by atoms with Crippen LogP contribution in [0.2, 0.25) is 0 Å². The van der Waals surface area contributed by atoms with Crippen molar-refractivity contribution in [1.29, 1.82) is 0 Å². The van der Waals surface area contributed by atoms with Gasteiger partial charge in [0.25, 0.3) is 0 Å². The molecule has 0 aliphatic rings. The first-order valence-electron chi connectivity index (χ1n) is 5.58. The first-order chi connectivity index (χ1) is 7.15. The Morgan fingerprint density at radius 2 is 2.13 bits per heavy atom. The summed E-state index contributed by atoms with van der Waals surface area (Å²) in [4.78, 5) is 0. The molecule has 0 amide bonds. The number of hydrogen-bond donors (Lipinski definition) is 1. The second-order valence-electron chi connectivity index (χ2n) is 4.37. The normalized spacial score (nSPS) is 13.3. The molecule has 0 saturated heterocycles. The van der Waals surface area contributed by atoms with E-state index in [0.29, 0.717) is 5.92 Å². The van der Waals surface area contributed by atoms with Crippen molar-refractivity contribution in [2.24, 2.45) is 0 Å². The number of aromatic nitrogens is 2. The van der Waals surface area contributed by atoms with Crippen LogP contribution in [-0.2, 0) is 0 Å². The van der Waals surface area contributed by atoms with Gasteiger partial charge in [0.15, 0.2) is 0 Å². The Labute approximate surface area is 90.7 Å². The van der Waals surface area contributed by atoms with Crippen molar-refractivity contribution in [3.05, 3.63) is 29.0 Å². The summed E-state index contributed by atoms with van der Waals surface area (Å²) in [5.41, 5.74) is 5.40. The zero-order valence-electron chi connectivity index (χ0n) is 9.89. The minimum Gasteiger partial charge on any atom is -0.278 e. The number of hydrogen-bond acceptors (Lipinski definition) is 1. The van der Waals surface area contributed by atoms with Gasteiger partial charge in [0.2, 0.25) is 0 Å². The number of nitrogens with zero attached hydrogens (tertiary/aromatic N) is 1. The molecule has 1 aromatic heterocycles. The summed E-state index contributed by atoms with van der Waals surface area (Å²) in [6.07, 6.45) is 3.11. The Hall–Kier alpha value is -1.31. The Bertz CT molecular complexity index is 482. The minimum absolute atomic E-state index is 0.629. The van der Waals surface area contributed by atoms with Crippen molar-refractivity contribution in [2.75, 3.05) is 0 Å². The van der Waals surface area contributed by atoms with Crippen molar-refractivity contribution in [1.82, 2.24) is 10.2 Å². The Morgan fingerprint density at radius 1 is 1.40 bits per heavy atom. The lowest BCUT2D eigenvalue weighted by Crippen LogP contribution is -1.99. The zero-order valence-corrected chi connectivity index (χ0v) is 9.89. The molecule has 2 heteroatoms. The highest BCUT2D eigenvalue weighted by atomic mass is 15.1. The smallest absolute Gasteiger partial charge is 0.0655 e. The monoisotopic (exact) mass is 202 g/mol. The molecule has 0 saturated carbocycles. The van der Waals surface area contributed by atoms with E-state index in [-0.39, 0.29) is 0 Å². The SMILES string of the molecule is CCC(C)c1c(C)cc2[nH]ncc2c1C. The second kappa shape index (κ2) is 3.69. The Kier molecular flexibility index (Phi) is 2.51. The molecule has 1 atom stereocenters. The van der Waals surface area contributed by atoms with Crippen LogP contribution in [-0.4, -0.2) is 10.2 Å². The number of aryl methyl sites for hydroxylation is 2. The summed E-state index contributed by atoms with van der Waals surface area (Å²) in [5.74, 6) is 0.629. The van der Waals surface area contributed by atoms with Crippen LogP contribution in [0.5, 0.6) is 0 Å². The van der Waals surface area contributed by atoms with Crippen LogP contribution in [0.4, 0.5) is 0 Å². The molecule has 0 aliphatic carbocycles. The summed E-state index contributed by atoms with van der Waals surface area (Å²) in [5, 5.41) is 8.40. The maximum Gasteiger partial charge on any atom is 0.0655 e. The molecule has 0 spiro atoms. The maximum absolute atomic E-state index is 4.10. The van der Waals surface area contributed by atoms with Crippen molar-refractivity contribution in [3.63, 3.8) is 0 Å². The molecule has 15 heavy (non-hydrogen) atoms. The number of H-pyrrole nitrogens is 1. The molecule has 0 aliphatic heterocycles. The molecule has 0 bridgehead atoms. The first kappa shape index (κ1) is 10.2. The largest absolute Gasteiger partial charge is 0.278 e. The van der Waals surface area contributed by atoms with Crippen molar-refractivity contribution < 1.29 is 0 Å². The van der Waals surface area contributed by atoms with E-state index in [1.54, 1.807) is 0 Å². The average molecular weight is 202 g/mol. The highest BCUT2D eigenvalue weighted by Gasteiger charge is 2.13. The fourth-order valence-electron chi connectivity index (χ4n) is 2.40. The van der Waals surface area contributed by atoms with Crippen LogP contribution in [0.15, 0.2) is 12.3 Å². The van der Waals surface area contributed by atoms with Crippen molar-refractivity contribution in [2.45, 2.75) is 40.0 Å². The van der Waals surface area contributed by atoms with Gasteiger partial charge in [-0.1, -0.05) is 13.8 Å². The van der Waals surface area contributed by atoms with Gasteiger partial charge in [-0.2, -0.15) is 5.10 Å². The molecule has 80 valence electrons. The van der Waals surface area contributed by atoms with Gasteiger partial charge in [-0.3, -0.25) is 5.10 Å². The summed E-state index contributed by atoms with van der Waals surface area (Å²) in [6, 6.07) is 2.21. The highest BCUT2D eigenvalue weighted by Crippen LogP contribution is 2.30. The van der Waals surface area contributed by atoms with Gasteiger partial charge in [0.1, 0.15) is 0 Å². The van der Waals surface area contributed by atoms with E-state index < -0.39 is 0 Å². The van der Waals surface area contributed by atoms with Gasteiger partial charge in [-0.05, 0) is 48.9 Å². The van der Waals surface area contributed by atoms with Gasteiger partial charge in [-0.25, -0.2) is 0 Å². The third kappa shape index (κ3) is 1.54. The van der Waals surface area contributed by atoms with Gasteiger partial charge in [0, 0.05) is 5.39 Å². The van der Waals surface area contributed by atoms with E-state index in [9.17, 15) is 0 Å². The van der Waals surface area contributed by atoms with Gasteiger partial charge >= 0.3 is 0 Å². The first-order valence-corrected chi connectivity index (χ1v) is 5.58.